The van der Waals surface area contributed by atoms with Gasteiger partial charge in [-0.25, -0.2) is 9.18 Å². The molecule has 0 saturated carbocycles. The van der Waals surface area contributed by atoms with Gasteiger partial charge in [-0.15, -0.1) is 0 Å². The lowest BCUT2D eigenvalue weighted by Gasteiger charge is -2.24. The van der Waals surface area contributed by atoms with Crippen LogP contribution in [0.15, 0.2) is 33.9 Å². The number of halogens is 1. The monoisotopic (exact) mass is 434 g/mol. The first-order valence-corrected chi connectivity index (χ1v) is 10.1. The van der Waals surface area contributed by atoms with Crippen molar-refractivity contribution in [3.63, 3.8) is 0 Å². The second-order valence-electron chi connectivity index (χ2n) is 7.01. The molecule has 9 nitrogen and oxygen atoms in total. The van der Waals surface area contributed by atoms with Crippen LogP contribution in [0, 0.1) is 5.82 Å². The Morgan fingerprint density at radius 1 is 1.23 bits per heavy atom. The molecule has 0 spiro atoms. The topological polar surface area (TPSA) is 127 Å². The lowest BCUT2D eigenvalue weighted by molar-refractivity contribution is -0.147. The maximum Gasteiger partial charge on any atom is 0.330 e. The van der Waals surface area contributed by atoms with Crippen LogP contribution in [0.4, 0.5) is 15.9 Å². The average molecular weight is 434 g/mol. The number of aromatic amines is 1. The average Bonchev–Trinajstić information content (AvgIpc) is 2.71. The summed E-state index contributed by atoms with van der Waals surface area (Å²) in [5, 5.41) is 0. The lowest BCUT2D eigenvalue weighted by Crippen LogP contribution is -2.43. The zero-order chi connectivity index (χ0) is 23.0. The van der Waals surface area contributed by atoms with Crippen LogP contribution in [-0.4, -0.2) is 34.6 Å². The number of nitrogens with two attached hydrogens (primary N) is 1. The summed E-state index contributed by atoms with van der Waals surface area (Å²) in [6.07, 6.45) is 1.69. The van der Waals surface area contributed by atoms with E-state index in [1.807, 2.05) is 13.8 Å². The summed E-state index contributed by atoms with van der Waals surface area (Å²) in [5.74, 6) is -1.97. The van der Waals surface area contributed by atoms with Crippen molar-refractivity contribution in [2.45, 2.75) is 46.1 Å². The van der Waals surface area contributed by atoms with Gasteiger partial charge in [-0.2, -0.15) is 0 Å². The van der Waals surface area contributed by atoms with Gasteiger partial charge in [-0.3, -0.25) is 23.9 Å². The van der Waals surface area contributed by atoms with Crippen LogP contribution in [0.2, 0.25) is 0 Å². The third kappa shape index (κ3) is 6.27. The summed E-state index contributed by atoms with van der Waals surface area (Å²) in [4.78, 5) is 52.7. The van der Waals surface area contributed by atoms with E-state index in [0.29, 0.717) is 18.4 Å². The minimum Gasteiger partial charge on any atom is -0.455 e. The first kappa shape index (κ1) is 23.8. The van der Waals surface area contributed by atoms with Crippen LogP contribution in [-0.2, 0) is 27.3 Å². The van der Waals surface area contributed by atoms with Crippen LogP contribution in [0.25, 0.3) is 0 Å². The van der Waals surface area contributed by atoms with Gasteiger partial charge in [0.05, 0.1) is 6.42 Å². The van der Waals surface area contributed by atoms with Gasteiger partial charge in [0.25, 0.3) is 11.5 Å². The Labute approximate surface area is 178 Å². The fourth-order valence-electron chi connectivity index (χ4n) is 3.05. The Morgan fingerprint density at radius 2 is 1.97 bits per heavy atom. The number of nitrogens with zero attached hydrogens (tertiary/aromatic N) is 2. The molecule has 3 N–H and O–H groups in total. The Bertz CT molecular complexity index is 1050. The van der Waals surface area contributed by atoms with Gasteiger partial charge in [0.1, 0.15) is 11.6 Å². The van der Waals surface area contributed by atoms with E-state index < -0.39 is 35.5 Å². The lowest BCUT2D eigenvalue weighted by atomic mass is 10.1. The zero-order valence-corrected chi connectivity index (χ0v) is 17.7. The molecule has 2 rings (SSSR count). The van der Waals surface area contributed by atoms with Crippen molar-refractivity contribution in [3.8, 4) is 0 Å². The first-order chi connectivity index (χ1) is 14.8. The van der Waals surface area contributed by atoms with Crippen molar-refractivity contribution in [1.29, 1.82) is 0 Å². The molecule has 0 atom stereocenters. The van der Waals surface area contributed by atoms with E-state index in [1.54, 1.807) is 6.07 Å². The smallest absolute Gasteiger partial charge is 0.330 e. The Balaban J connectivity index is 2.21. The Hall–Kier alpha value is -3.43. The third-order valence-electron chi connectivity index (χ3n) is 4.56. The summed E-state index contributed by atoms with van der Waals surface area (Å²) in [6.45, 7) is 3.56. The Morgan fingerprint density at radius 3 is 2.61 bits per heavy atom. The van der Waals surface area contributed by atoms with E-state index in [9.17, 15) is 23.6 Å². The summed E-state index contributed by atoms with van der Waals surface area (Å²) in [5.41, 5.74) is 4.88. The summed E-state index contributed by atoms with van der Waals surface area (Å²) >= 11 is 0. The van der Waals surface area contributed by atoms with E-state index in [2.05, 4.69) is 4.98 Å². The van der Waals surface area contributed by atoms with Gasteiger partial charge < -0.3 is 15.4 Å². The standard InChI is InChI=1S/C21H27FN4O5/c1-3-5-10-25(18-19(23)26(9-4-2)21(30)24-20(18)29)16(27)13-31-17(28)12-14-7-6-8-15(22)11-14/h6-8,11H,3-5,9-10,12-13,23H2,1-2H3,(H,24,29,30). The maximum absolute atomic E-state index is 13.3. The number of H-pyrrole nitrogens is 1. The van der Waals surface area contributed by atoms with Crippen LogP contribution in [0.3, 0.4) is 0 Å². The number of esters is 1. The number of rotatable bonds is 10. The molecule has 0 aliphatic heterocycles. The predicted molar refractivity (Wildman–Crippen MR) is 114 cm³/mol. The molecule has 2 aromatic rings. The highest BCUT2D eigenvalue weighted by molar-refractivity contribution is 5.97. The number of amides is 1. The van der Waals surface area contributed by atoms with Crippen molar-refractivity contribution in [3.05, 3.63) is 56.5 Å². The molecule has 0 saturated heterocycles. The quantitative estimate of drug-likeness (QED) is 0.547. The number of carbonyl (C=O) groups excluding carboxylic acids is 2. The molecule has 10 heteroatoms. The van der Waals surface area contributed by atoms with E-state index in [-0.39, 0.29) is 31.0 Å². The number of nitrogen functional groups attached to an aromatic ring is 1. The normalized spacial score (nSPS) is 10.7. The van der Waals surface area contributed by atoms with Gasteiger partial charge in [-0.1, -0.05) is 32.4 Å². The molecular weight excluding hydrogens is 407 g/mol. The molecule has 0 aliphatic carbocycles. The van der Waals surface area contributed by atoms with Crippen molar-refractivity contribution < 1.29 is 18.7 Å². The molecule has 1 heterocycles. The molecule has 0 radical (unpaired) electrons. The number of carbonyl (C=O) groups is 2. The van der Waals surface area contributed by atoms with E-state index in [0.717, 1.165) is 11.3 Å². The number of aromatic nitrogens is 2. The molecule has 1 aromatic heterocycles. The number of ether oxygens (including phenoxy) is 1. The predicted octanol–water partition coefficient (Wildman–Crippen LogP) is 1.59. The van der Waals surface area contributed by atoms with Gasteiger partial charge in [0.2, 0.25) is 0 Å². The van der Waals surface area contributed by atoms with Crippen molar-refractivity contribution in [1.82, 2.24) is 9.55 Å². The summed E-state index contributed by atoms with van der Waals surface area (Å²) in [7, 11) is 0. The first-order valence-electron chi connectivity index (χ1n) is 10.1. The van der Waals surface area contributed by atoms with Crippen LogP contribution >= 0.6 is 0 Å². The second-order valence-corrected chi connectivity index (χ2v) is 7.01. The highest BCUT2D eigenvalue weighted by Crippen LogP contribution is 2.18. The highest BCUT2D eigenvalue weighted by atomic mass is 19.1. The summed E-state index contributed by atoms with van der Waals surface area (Å²) < 4.78 is 19.5. The molecule has 31 heavy (non-hydrogen) atoms. The molecular formula is C21H27FN4O5. The number of hydrogen-bond donors (Lipinski definition) is 2. The van der Waals surface area contributed by atoms with E-state index in [1.165, 1.54) is 22.8 Å². The van der Waals surface area contributed by atoms with E-state index in [4.69, 9.17) is 10.5 Å². The number of anilines is 2. The van der Waals surface area contributed by atoms with Crippen LogP contribution in [0.1, 0.15) is 38.7 Å². The van der Waals surface area contributed by atoms with Gasteiger partial charge >= 0.3 is 11.7 Å². The molecule has 0 aliphatic rings. The fraction of sp³-hybridized carbons (Fsp3) is 0.429. The number of benzene rings is 1. The Kier molecular flexibility index (Phi) is 8.53. The van der Waals surface area contributed by atoms with Gasteiger partial charge in [-0.05, 0) is 30.5 Å². The van der Waals surface area contributed by atoms with Crippen molar-refractivity contribution >= 4 is 23.4 Å². The molecule has 1 aromatic carbocycles. The van der Waals surface area contributed by atoms with Crippen LogP contribution < -0.4 is 21.9 Å². The third-order valence-corrected chi connectivity index (χ3v) is 4.56. The minimum absolute atomic E-state index is 0.119. The number of hydrogen-bond acceptors (Lipinski definition) is 6. The minimum atomic E-state index is -0.787. The highest BCUT2D eigenvalue weighted by Gasteiger charge is 2.24. The van der Waals surface area contributed by atoms with Crippen molar-refractivity contribution in [2.75, 3.05) is 23.8 Å². The number of nitrogens with one attached hydrogen (secondary N) is 1. The molecule has 0 fully saturated rings. The fourth-order valence-corrected chi connectivity index (χ4v) is 3.05. The van der Waals surface area contributed by atoms with Gasteiger partial charge in [0, 0.05) is 13.1 Å². The molecule has 1 amide bonds. The maximum atomic E-state index is 13.3. The van der Waals surface area contributed by atoms with Crippen LogP contribution in [0.5, 0.6) is 0 Å². The molecule has 0 unspecified atom stereocenters. The van der Waals surface area contributed by atoms with Gasteiger partial charge in [0.15, 0.2) is 12.3 Å². The van der Waals surface area contributed by atoms with E-state index >= 15 is 0 Å². The largest absolute Gasteiger partial charge is 0.455 e. The molecule has 0 bridgehead atoms. The SMILES string of the molecule is CCCCN(C(=O)COC(=O)Cc1cccc(F)c1)c1c(N)n(CCC)c(=O)[nH]c1=O. The molecule has 168 valence electrons. The number of unbranched alkanes of at least 4 members (excludes halogenated alkanes) is 1. The summed E-state index contributed by atoms with van der Waals surface area (Å²) in [6, 6.07) is 5.49. The van der Waals surface area contributed by atoms with Crippen molar-refractivity contribution in [2.24, 2.45) is 0 Å². The second kappa shape index (κ2) is 11.1. The zero-order valence-electron chi connectivity index (χ0n) is 17.7.